The van der Waals surface area contributed by atoms with Crippen molar-refractivity contribution in [3.8, 4) is 0 Å². The molecule has 12 heteroatoms. The molecule has 148 valence electrons. The van der Waals surface area contributed by atoms with Crippen molar-refractivity contribution in [1.82, 2.24) is 0 Å². The molecule has 0 saturated carbocycles. The number of carbonyl (C=O) groups is 2. The number of amides is 1. The molecule has 1 amide bonds. The molecule has 0 bridgehead atoms. The zero-order valence-corrected chi connectivity index (χ0v) is 14.5. The van der Waals surface area contributed by atoms with E-state index in [0.717, 1.165) is 0 Å². The summed E-state index contributed by atoms with van der Waals surface area (Å²) in [5.74, 6) is -16.6. The number of nitrogens with one attached hydrogen (secondary N) is 1. The third-order valence-corrected chi connectivity index (χ3v) is 4.37. The van der Waals surface area contributed by atoms with E-state index in [0.29, 0.717) is 21.8 Å². The van der Waals surface area contributed by atoms with Crippen LogP contribution in [0.4, 0.5) is 35.7 Å². The molecule has 26 heavy (non-hydrogen) atoms. The molecule has 1 aromatic heterocycles. The molecular formula is C14H14F7NO3S. The highest BCUT2D eigenvalue weighted by Gasteiger charge is 2.76. The van der Waals surface area contributed by atoms with Crippen LogP contribution in [-0.2, 0) is 16.0 Å². The monoisotopic (exact) mass is 409 g/mol. The quantitative estimate of drug-likeness (QED) is 0.553. The summed E-state index contributed by atoms with van der Waals surface area (Å²) in [5, 5.41) is 0.730. The van der Waals surface area contributed by atoms with Crippen molar-refractivity contribution in [2.24, 2.45) is 0 Å². The summed E-state index contributed by atoms with van der Waals surface area (Å²) in [7, 11) is 0. The SMILES string of the molecule is CCOC(=O)c1c(NC(=O)C(F)(F)C(F)(F)C(F)(F)F)sc(C)c1CC. The number of carbonyl (C=O) groups excluding carboxylic acids is 2. The highest BCUT2D eigenvalue weighted by Crippen LogP contribution is 2.47. The number of ether oxygens (including phenoxy) is 1. The van der Waals surface area contributed by atoms with Crippen LogP contribution >= 0.6 is 11.3 Å². The summed E-state index contributed by atoms with van der Waals surface area (Å²) < 4.78 is 94.1. The molecule has 1 N–H and O–H groups in total. The largest absolute Gasteiger partial charge is 0.462 e. The molecule has 0 radical (unpaired) electrons. The molecule has 0 saturated heterocycles. The van der Waals surface area contributed by atoms with E-state index in [1.54, 1.807) is 6.92 Å². The van der Waals surface area contributed by atoms with Gasteiger partial charge < -0.3 is 10.1 Å². The fourth-order valence-corrected chi connectivity index (χ4v) is 3.14. The predicted octanol–water partition coefficient (Wildman–Crippen LogP) is 4.57. The standard InChI is InChI=1S/C14H14F7NO3S/c1-4-7-6(3)26-9(8(7)10(23)25-5-2)22-11(24)12(15,16)13(17,18)14(19,20)21/h4-5H2,1-3H3,(H,22,24). The fraction of sp³-hybridized carbons (Fsp3) is 0.571. The Hall–Kier alpha value is -1.85. The number of anilines is 1. The summed E-state index contributed by atoms with van der Waals surface area (Å²) in [4.78, 5) is 23.8. The van der Waals surface area contributed by atoms with Crippen LogP contribution in [0.25, 0.3) is 0 Å². The van der Waals surface area contributed by atoms with Crippen molar-refractivity contribution in [2.75, 3.05) is 11.9 Å². The summed E-state index contributed by atoms with van der Waals surface area (Å²) >= 11 is 0.590. The highest BCUT2D eigenvalue weighted by molar-refractivity contribution is 7.16. The number of alkyl halides is 7. The first-order chi connectivity index (χ1) is 11.7. The second-order valence-corrected chi connectivity index (χ2v) is 6.24. The van der Waals surface area contributed by atoms with Crippen molar-refractivity contribution < 1.29 is 45.1 Å². The Balaban J connectivity index is 3.31. The molecular weight excluding hydrogens is 395 g/mol. The van der Waals surface area contributed by atoms with Crippen LogP contribution in [0.5, 0.6) is 0 Å². The zero-order valence-electron chi connectivity index (χ0n) is 13.7. The number of hydrogen-bond acceptors (Lipinski definition) is 4. The van der Waals surface area contributed by atoms with E-state index in [4.69, 9.17) is 4.74 Å². The van der Waals surface area contributed by atoms with E-state index < -0.39 is 34.9 Å². The van der Waals surface area contributed by atoms with Gasteiger partial charge in [0.15, 0.2) is 0 Å². The maximum absolute atomic E-state index is 13.5. The van der Waals surface area contributed by atoms with Crippen LogP contribution in [-0.4, -0.2) is 36.5 Å². The molecule has 1 rings (SSSR count). The lowest BCUT2D eigenvalue weighted by molar-refractivity contribution is -0.343. The molecule has 1 heterocycles. The topological polar surface area (TPSA) is 55.4 Å². The average Bonchev–Trinajstić information content (AvgIpc) is 2.81. The van der Waals surface area contributed by atoms with Crippen molar-refractivity contribution in [2.45, 2.75) is 45.2 Å². The van der Waals surface area contributed by atoms with Crippen molar-refractivity contribution >= 4 is 28.2 Å². The average molecular weight is 409 g/mol. The van der Waals surface area contributed by atoms with Gasteiger partial charge in [0.1, 0.15) is 5.00 Å². The molecule has 0 aliphatic rings. The van der Waals surface area contributed by atoms with Gasteiger partial charge in [0.2, 0.25) is 0 Å². The normalized spacial score (nSPS) is 12.8. The third kappa shape index (κ3) is 3.79. The van der Waals surface area contributed by atoms with Crippen LogP contribution in [0.1, 0.15) is 34.6 Å². The maximum atomic E-state index is 13.5. The van der Waals surface area contributed by atoms with Gasteiger partial charge in [-0.15, -0.1) is 11.3 Å². The van der Waals surface area contributed by atoms with E-state index in [2.05, 4.69) is 0 Å². The number of rotatable bonds is 6. The Morgan fingerprint density at radius 1 is 1.08 bits per heavy atom. The number of esters is 1. The second kappa shape index (κ2) is 7.41. The van der Waals surface area contributed by atoms with Gasteiger partial charge in [-0.3, -0.25) is 4.79 Å². The number of aryl methyl sites for hydroxylation is 1. The van der Waals surface area contributed by atoms with Crippen molar-refractivity contribution in [3.05, 3.63) is 16.0 Å². The molecule has 4 nitrogen and oxygen atoms in total. The molecule has 0 atom stereocenters. The first-order valence-corrected chi connectivity index (χ1v) is 7.97. The molecule has 0 aliphatic heterocycles. The smallest absolute Gasteiger partial charge is 0.460 e. The van der Waals surface area contributed by atoms with Gasteiger partial charge in [0, 0.05) is 4.88 Å². The molecule has 0 fully saturated rings. The van der Waals surface area contributed by atoms with E-state index in [1.807, 2.05) is 0 Å². The Morgan fingerprint density at radius 2 is 1.62 bits per heavy atom. The Labute approximate surface area is 147 Å². The Kier molecular flexibility index (Phi) is 6.32. The summed E-state index contributed by atoms with van der Waals surface area (Å²) in [6.07, 6.45) is -6.43. The minimum atomic E-state index is -6.64. The summed E-state index contributed by atoms with van der Waals surface area (Å²) in [5.41, 5.74) is -0.0500. The zero-order chi connectivity index (χ0) is 20.5. The summed E-state index contributed by atoms with van der Waals surface area (Å²) in [6.45, 7) is 4.39. The number of thiophene rings is 1. The van der Waals surface area contributed by atoms with Gasteiger partial charge in [-0.25, -0.2) is 4.79 Å². The Morgan fingerprint density at radius 3 is 2.04 bits per heavy atom. The van der Waals surface area contributed by atoms with E-state index >= 15 is 0 Å². The highest BCUT2D eigenvalue weighted by atomic mass is 32.1. The minimum Gasteiger partial charge on any atom is -0.462 e. The van der Waals surface area contributed by atoms with Gasteiger partial charge in [-0.05, 0) is 25.8 Å². The molecule has 1 aromatic rings. The van der Waals surface area contributed by atoms with E-state index in [-0.39, 0.29) is 18.6 Å². The van der Waals surface area contributed by atoms with Crippen LogP contribution in [0, 0.1) is 6.92 Å². The predicted molar refractivity (Wildman–Crippen MR) is 79.0 cm³/mol. The Bertz CT molecular complexity index is 697. The second-order valence-electron chi connectivity index (χ2n) is 5.02. The lowest BCUT2D eigenvalue weighted by atomic mass is 10.1. The van der Waals surface area contributed by atoms with Gasteiger partial charge in [0.25, 0.3) is 0 Å². The van der Waals surface area contributed by atoms with Crippen LogP contribution < -0.4 is 5.32 Å². The molecule has 0 aromatic carbocycles. The first-order valence-electron chi connectivity index (χ1n) is 7.15. The lowest BCUT2D eigenvalue weighted by Gasteiger charge is -2.26. The lowest BCUT2D eigenvalue weighted by Crippen LogP contribution is -2.57. The molecule has 0 spiro atoms. The van der Waals surface area contributed by atoms with Crippen molar-refractivity contribution in [1.29, 1.82) is 0 Å². The minimum absolute atomic E-state index is 0.105. The van der Waals surface area contributed by atoms with Gasteiger partial charge in [-0.2, -0.15) is 30.7 Å². The molecule has 0 unspecified atom stereocenters. The van der Waals surface area contributed by atoms with Gasteiger partial charge in [0.05, 0.1) is 12.2 Å². The summed E-state index contributed by atoms with van der Waals surface area (Å²) in [6, 6.07) is 0. The van der Waals surface area contributed by atoms with Crippen LogP contribution in [0.2, 0.25) is 0 Å². The first kappa shape index (κ1) is 22.2. The van der Waals surface area contributed by atoms with Gasteiger partial charge >= 0.3 is 29.9 Å². The van der Waals surface area contributed by atoms with E-state index in [1.165, 1.54) is 19.2 Å². The third-order valence-electron chi connectivity index (χ3n) is 3.30. The maximum Gasteiger partial charge on any atom is 0.460 e. The van der Waals surface area contributed by atoms with Crippen molar-refractivity contribution in [3.63, 3.8) is 0 Å². The van der Waals surface area contributed by atoms with Crippen LogP contribution in [0.15, 0.2) is 0 Å². The van der Waals surface area contributed by atoms with Gasteiger partial charge in [-0.1, -0.05) is 6.92 Å². The number of halogens is 7. The van der Waals surface area contributed by atoms with Crippen LogP contribution in [0.3, 0.4) is 0 Å². The number of hydrogen-bond donors (Lipinski definition) is 1. The fourth-order valence-electron chi connectivity index (χ4n) is 2.01. The van der Waals surface area contributed by atoms with E-state index in [9.17, 15) is 40.3 Å². The molecule has 0 aliphatic carbocycles.